The van der Waals surface area contributed by atoms with Crippen LogP contribution in [0.15, 0.2) is 53.4 Å². The molecule has 3 rings (SSSR count). The number of methoxy groups -OCH3 is 1. The molecule has 0 aliphatic carbocycles. The van der Waals surface area contributed by atoms with Crippen LogP contribution in [0.1, 0.15) is 11.1 Å². The van der Waals surface area contributed by atoms with E-state index in [2.05, 4.69) is 10.6 Å². The molecule has 30 heavy (non-hydrogen) atoms. The zero-order valence-electron chi connectivity index (χ0n) is 16.5. The molecule has 0 aromatic heterocycles. The number of benzene rings is 2. The van der Waals surface area contributed by atoms with Crippen LogP contribution < -0.4 is 15.4 Å². The molecule has 1 heterocycles. The van der Waals surface area contributed by atoms with E-state index in [1.807, 2.05) is 6.92 Å². The van der Waals surface area contributed by atoms with Crippen LogP contribution in [0.3, 0.4) is 0 Å². The molecule has 1 saturated heterocycles. The minimum atomic E-state index is -3.98. The summed E-state index contributed by atoms with van der Waals surface area (Å²) in [6.45, 7) is 1.53. The molecule has 0 spiro atoms. The summed E-state index contributed by atoms with van der Waals surface area (Å²) in [4.78, 5) is 23.8. The molecule has 160 valence electrons. The van der Waals surface area contributed by atoms with E-state index >= 15 is 0 Å². The third-order valence-corrected chi connectivity index (χ3v) is 5.82. The van der Waals surface area contributed by atoms with Gasteiger partial charge in [-0.2, -0.15) is 8.42 Å². The van der Waals surface area contributed by atoms with Gasteiger partial charge in [0.15, 0.2) is 0 Å². The average Bonchev–Trinajstić information content (AvgIpc) is 2.74. The van der Waals surface area contributed by atoms with Crippen LogP contribution in [-0.2, 0) is 30.4 Å². The molecule has 2 aromatic rings. The third kappa shape index (κ3) is 5.28. The Balaban J connectivity index is 1.49. The van der Waals surface area contributed by atoms with Crippen molar-refractivity contribution in [2.75, 3.05) is 13.7 Å². The first-order chi connectivity index (χ1) is 14.3. The number of β-lactam (4-membered cyclic amide) rings is 1. The standard InChI is InChI=1S/C20H22N2O7S/c1-13-3-9-16(10-4-13)30(25,26)29-12-17-18(19(23)21-17)22-20(24)28-11-14-5-7-15(27-2)8-6-14/h3-10,17-18H,11-12H2,1-2H3,(H,21,23)(H,22,24)/t17-,18+/m1/s1. The number of hydrogen-bond acceptors (Lipinski definition) is 7. The summed E-state index contributed by atoms with van der Waals surface area (Å²) in [6.07, 6.45) is -0.794. The maximum Gasteiger partial charge on any atom is 0.408 e. The molecule has 0 unspecified atom stereocenters. The van der Waals surface area contributed by atoms with Gasteiger partial charge in [0.05, 0.1) is 24.7 Å². The van der Waals surface area contributed by atoms with Gasteiger partial charge in [0, 0.05) is 0 Å². The largest absolute Gasteiger partial charge is 0.497 e. The zero-order valence-corrected chi connectivity index (χ0v) is 17.3. The molecule has 0 radical (unpaired) electrons. The Labute approximate surface area is 174 Å². The van der Waals surface area contributed by atoms with E-state index < -0.39 is 34.2 Å². The number of carbonyl (C=O) groups is 2. The first-order valence-electron chi connectivity index (χ1n) is 9.11. The molecule has 2 atom stereocenters. The molecule has 2 aromatic carbocycles. The molecule has 10 heteroatoms. The lowest BCUT2D eigenvalue weighted by Crippen LogP contribution is -2.70. The number of hydrogen-bond donors (Lipinski definition) is 2. The molecule has 0 bridgehead atoms. The van der Waals surface area contributed by atoms with Crippen molar-refractivity contribution in [2.45, 2.75) is 30.5 Å². The van der Waals surface area contributed by atoms with Crippen LogP contribution in [0.2, 0.25) is 0 Å². The summed E-state index contributed by atoms with van der Waals surface area (Å²) in [5.41, 5.74) is 1.66. The van der Waals surface area contributed by atoms with Crippen molar-refractivity contribution < 1.29 is 31.7 Å². The van der Waals surface area contributed by atoms with Crippen molar-refractivity contribution in [3.8, 4) is 5.75 Å². The highest BCUT2D eigenvalue weighted by Crippen LogP contribution is 2.16. The van der Waals surface area contributed by atoms with E-state index in [1.165, 1.54) is 12.1 Å². The molecular weight excluding hydrogens is 412 g/mol. The number of rotatable bonds is 8. The van der Waals surface area contributed by atoms with Gasteiger partial charge in [-0.25, -0.2) is 4.79 Å². The minimum Gasteiger partial charge on any atom is -0.497 e. The van der Waals surface area contributed by atoms with Gasteiger partial charge in [0.2, 0.25) is 5.91 Å². The number of alkyl carbamates (subject to hydrolysis) is 1. The van der Waals surface area contributed by atoms with Crippen LogP contribution in [-0.4, -0.2) is 46.2 Å². The lowest BCUT2D eigenvalue weighted by molar-refractivity contribution is -0.132. The molecule has 2 N–H and O–H groups in total. The quantitative estimate of drug-likeness (QED) is 0.477. The van der Waals surface area contributed by atoms with Crippen molar-refractivity contribution in [3.05, 3.63) is 59.7 Å². The van der Waals surface area contributed by atoms with Crippen LogP contribution in [0.25, 0.3) is 0 Å². The fourth-order valence-electron chi connectivity index (χ4n) is 2.72. The van der Waals surface area contributed by atoms with Gasteiger partial charge in [-0.15, -0.1) is 0 Å². The fourth-order valence-corrected chi connectivity index (χ4v) is 3.65. The van der Waals surface area contributed by atoms with E-state index in [4.69, 9.17) is 13.7 Å². The minimum absolute atomic E-state index is 0.00708. The summed E-state index contributed by atoms with van der Waals surface area (Å²) in [5.74, 6) is 0.232. The molecule has 9 nitrogen and oxygen atoms in total. The average molecular weight is 434 g/mol. The van der Waals surface area contributed by atoms with Gasteiger partial charge in [0.1, 0.15) is 18.4 Å². The first kappa shape index (κ1) is 21.6. The lowest BCUT2D eigenvalue weighted by atomic mass is 10.0. The Morgan fingerprint density at radius 1 is 1.10 bits per heavy atom. The summed E-state index contributed by atoms with van der Waals surface area (Å²) in [6, 6.07) is 11.5. The van der Waals surface area contributed by atoms with E-state index in [1.54, 1.807) is 43.5 Å². The number of ether oxygens (including phenoxy) is 2. The second-order valence-corrected chi connectivity index (χ2v) is 8.33. The summed E-state index contributed by atoms with van der Waals surface area (Å²) in [5, 5.41) is 4.93. The molecule has 2 amide bonds. The normalized spacial score (nSPS) is 18.1. The van der Waals surface area contributed by atoms with Gasteiger partial charge < -0.3 is 20.1 Å². The Morgan fingerprint density at radius 3 is 2.37 bits per heavy atom. The Hall–Kier alpha value is -3.11. The highest BCUT2D eigenvalue weighted by Gasteiger charge is 2.41. The summed E-state index contributed by atoms with van der Waals surface area (Å²) < 4.78 is 39.7. The zero-order chi connectivity index (χ0) is 21.7. The van der Waals surface area contributed by atoms with Crippen molar-refractivity contribution in [1.82, 2.24) is 10.6 Å². The van der Waals surface area contributed by atoms with Gasteiger partial charge >= 0.3 is 6.09 Å². The highest BCUT2D eigenvalue weighted by molar-refractivity contribution is 7.86. The molecule has 1 fully saturated rings. The van der Waals surface area contributed by atoms with E-state index in [0.717, 1.165) is 11.1 Å². The van der Waals surface area contributed by atoms with Crippen molar-refractivity contribution >= 4 is 22.1 Å². The topological polar surface area (TPSA) is 120 Å². The van der Waals surface area contributed by atoms with Crippen molar-refractivity contribution in [3.63, 3.8) is 0 Å². The van der Waals surface area contributed by atoms with Gasteiger partial charge in [-0.1, -0.05) is 29.8 Å². The predicted octanol–water partition coefficient (Wildman–Crippen LogP) is 1.50. The van der Waals surface area contributed by atoms with Crippen LogP contribution in [0.5, 0.6) is 5.75 Å². The molecular formula is C20H22N2O7S. The third-order valence-electron chi connectivity index (χ3n) is 4.53. The fraction of sp³-hybridized carbons (Fsp3) is 0.300. The maximum absolute atomic E-state index is 12.2. The lowest BCUT2D eigenvalue weighted by Gasteiger charge is -2.36. The van der Waals surface area contributed by atoms with Gasteiger partial charge in [-0.3, -0.25) is 8.98 Å². The van der Waals surface area contributed by atoms with Crippen LogP contribution >= 0.6 is 0 Å². The monoisotopic (exact) mass is 434 g/mol. The Morgan fingerprint density at radius 2 is 1.77 bits per heavy atom. The first-order valence-corrected chi connectivity index (χ1v) is 10.5. The van der Waals surface area contributed by atoms with E-state index in [0.29, 0.717) is 5.75 Å². The number of nitrogens with one attached hydrogen (secondary N) is 2. The number of amides is 2. The summed E-state index contributed by atoms with van der Waals surface area (Å²) in [7, 11) is -2.42. The predicted molar refractivity (Wildman–Crippen MR) is 106 cm³/mol. The second kappa shape index (κ2) is 9.14. The van der Waals surface area contributed by atoms with Crippen LogP contribution in [0.4, 0.5) is 4.79 Å². The molecule has 1 aliphatic rings. The molecule has 1 aliphatic heterocycles. The van der Waals surface area contributed by atoms with Gasteiger partial charge in [-0.05, 0) is 36.8 Å². The van der Waals surface area contributed by atoms with Crippen LogP contribution in [0, 0.1) is 6.92 Å². The summed E-state index contributed by atoms with van der Waals surface area (Å²) >= 11 is 0. The maximum atomic E-state index is 12.2. The van der Waals surface area contributed by atoms with Crippen molar-refractivity contribution in [2.24, 2.45) is 0 Å². The number of carbonyl (C=O) groups excluding carboxylic acids is 2. The SMILES string of the molecule is COc1ccc(COC(=O)N[C@@H]2C(=O)N[C@@H]2COS(=O)(=O)c2ccc(C)cc2)cc1. The number of aryl methyl sites for hydroxylation is 1. The van der Waals surface area contributed by atoms with E-state index in [9.17, 15) is 18.0 Å². The Kier molecular flexibility index (Phi) is 6.58. The molecule has 0 saturated carbocycles. The highest BCUT2D eigenvalue weighted by atomic mass is 32.2. The second-order valence-electron chi connectivity index (χ2n) is 6.71. The smallest absolute Gasteiger partial charge is 0.408 e. The Bertz CT molecular complexity index is 1000. The van der Waals surface area contributed by atoms with Crippen molar-refractivity contribution in [1.29, 1.82) is 0 Å². The van der Waals surface area contributed by atoms with Gasteiger partial charge in [0.25, 0.3) is 10.1 Å². The van der Waals surface area contributed by atoms with E-state index in [-0.39, 0.29) is 18.1 Å².